The van der Waals surface area contributed by atoms with E-state index in [1.165, 1.54) is 5.56 Å². The molecule has 2 aromatic rings. The minimum absolute atomic E-state index is 0.581. The van der Waals surface area contributed by atoms with E-state index in [9.17, 15) is 0 Å². The van der Waals surface area contributed by atoms with Crippen molar-refractivity contribution in [3.8, 4) is 0 Å². The Morgan fingerprint density at radius 3 is 2.65 bits per heavy atom. The topological polar surface area (TPSA) is 32.3 Å². The molecule has 0 radical (unpaired) electrons. The molecule has 1 saturated heterocycles. The molecule has 0 N–H and O–H groups in total. The van der Waals surface area contributed by atoms with Crippen LogP contribution >= 0.6 is 11.8 Å². The number of nitrogens with zero attached hydrogens (tertiary/aromatic N) is 4. The maximum Gasteiger partial charge on any atom is 0.148 e. The third-order valence-corrected chi connectivity index (χ3v) is 5.36. The van der Waals surface area contributed by atoms with E-state index in [0.717, 1.165) is 29.7 Å². The molecule has 2 atom stereocenters. The smallest absolute Gasteiger partial charge is 0.148 e. The van der Waals surface area contributed by atoms with Crippen molar-refractivity contribution in [3.63, 3.8) is 0 Å². The van der Waals surface area contributed by atoms with E-state index in [-0.39, 0.29) is 0 Å². The van der Waals surface area contributed by atoms with Gasteiger partial charge in [0.2, 0.25) is 0 Å². The molecule has 23 heavy (non-hydrogen) atoms. The first kappa shape index (κ1) is 16.3. The van der Waals surface area contributed by atoms with Crippen molar-refractivity contribution in [2.45, 2.75) is 23.7 Å². The molecule has 2 heterocycles. The van der Waals surface area contributed by atoms with Crippen LogP contribution < -0.4 is 4.90 Å². The van der Waals surface area contributed by atoms with Crippen LogP contribution in [-0.4, -0.2) is 48.1 Å². The van der Waals surface area contributed by atoms with Gasteiger partial charge < -0.3 is 9.80 Å². The Bertz CT molecular complexity index is 632. The SMILES string of the molecule is CC1CN(c2cncc(SCc3ccccc3)n2)CC1N(C)C. The lowest BCUT2D eigenvalue weighted by atomic mass is 10.1. The molecule has 3 rings (SSSR count). The largest absolute Gasteiger partial charge is 0.353 e. The summed E-state index contributed by atoms with van der Waals surface area (Å²) in [5, 5.41) is 0.993. The predicted octanol–water partition coefficient (Wildman–Crippen LogP) is 3.16. The van der Waals surface area contributed by atoms with Crippen LogP contribution in [0, 0.1) is 5.92 Å². The summed E-state index contributed by atoms with van der Waals surface area (Å²) < 4.78 is 0. The maximum absolute atomic E-state index is 4.81. The van der Waals surface area contributed by atoms with Gasteiger partial charge in [0.15, 0.2) is 0 Å². The average Bonchev–Trinajstić information content (AvgIpc) is 2.96. The molecule has 0 amide bonds. The van der Waals surface area contributed by atoms with Crippen molar-refractivity contribution in [2.75, 3.05) is 32.1 Å². The molecule has 1 aromatic heterocycles. The summed E-state index contributed by atoms with van der Waals surface area (Å²) in [6, 6.07) is 11.1. The monoisotopic (exact) mass is 328 g/mol. The summed E-state index contributed by atoms with van der Waals surface area (Å²) in [5.74, 6) is 2.57. The zero-order chi connectivity index (χ0) is 16.2. The van der Waals surface area contributed by atoms with Gasteiger partial charge in [-0.15, -0.1) is 11.8 Å². The van der Waals surface area contributed by atoms with Gasteiger partial charge in [-0.25, -0.2) is 4.98 Å². The zero-order valence-corrected chi connectivity index (χ0v) is 14.8. The predicted molar refractivity (Wildman–Crippen MR) is 96.9 cm³/mol. The summed E-state index contributed by atoms with van der Waals surface area (Å²) in [7, 11) is 4.31. The van der Waals surface area contributed by atoms with Crippen LogP contribution in [0.4, 0.5) is 5.82 Å². The Morgan fingerprint density at radius 2 is 1.96 bits per heavy atom. The molecule has 1 aliphatic heterocycles. The Hall–Kier alpha value is -1.59. The molecule has 0 spiro atoms. The molecule has 1 aromatic carbocycles. The van der Waals surface area contributed by atoms with Gasteiger partial charge in [0.05, 0.1) is 12.4 Å². The van der Waals surface area contributed by atoms with Crippen LogP contribution in [0.15, 0.2) is 47.8 Å². The van der Waals surface area contributed by atoms with Crippen LogP contribution in [0.2, 0.25) is 0 Å². The van der Waals surface area contributed by atoms with Crippen LogP contribution in [0.5, 0.6) is 0 Å². The summed E-state index contributed by atoms with van der Waals surface area (Å²) in [6.45, 7) is 4.38. The summed E-state index contributed by atoms with van der Waals surface area (Å²) in [4.78, 5) is 13.9. The first-order valence-corrected chi connectivity index (χ1v) is 9.02. The van der Waals surface area contributed by atoms with E-state index in [1.807, 2.05) is 18.5 Å². The van der Waals surface area contributed by atoms with Crippen LogP contribution in [0.25, 0.3) is 0 Å². The van der Waals surface area contributed by atoms with E-state index in [4.69, 9.17) is 4.98 Å². The van der Waals surface area contributed by atoms with Crippen molar-refractivity contribution in [3.05, 3.63) is 48.3 Å². The quantitative estimate of drug-likeness (QED) is 0.787. The van der Waals surface area contributed by atoms with Gasteiger partial charge in [-0.2, -0.15) is 0 Å². The molecular weight excluding hydrogens is 304 g/mol. The molecule has 2 unspecified atom stereocenters. The summed E-state index contributed by atoms with van der Waals surface area (Å²) in [6.07, 6.45) is 3.75. The van der Waals surface area contributed by atoms with E-state index in [0.29, 0.717) is 12.0 Å². The van der Waals surface area contributed by atoms with E-state index in [2.05, 4.69) is 60.1 Å². The summed E-state index contributed by atoms with van der Waals surface area (Å²) >= 11 is 1.74. The number of aromatic nitrogens is 2. The molecular formula is C18H24N4S. The molecule has 0 bridgehead atoms. The van der Waals surface area contributed by atoms with Crippen molar-refractivity contribution < 1.29 is 0 Å². The molecule has 0 aliphatic carbocycles. The third-order valence-electron chi connectivity index (χ3n) is 4.39. The normalized spacial score (nSPS) is 21.1. The fourth-order valence-corrected chi connectivity index (χ4v) is 3.90. The highest BCUT2D eigenvalue weighted by atomic mass is 32.2. The lowest BCUT2D eigenvalue weighted by Gasteiger charge is -2.22. The Balaban J connectivity index is 1.66. The molecule has 1 aliphatic rings. The number of rotatable bonds is 5. The Labute approximate surface area is 142 Å². The molecule has 1 fully saturated rings. The molecule has 122 valence electrons. The van der Waals surface area contributed by atoms with Gasteiger partial charge >= 0.3 is 0 Å². The number of hydrogen-bond acceptors (Lipinski definition) is 5. The van der Waals surface area contributed by atoms with Gasteiger partial charge in [-0.05, 0) is 25.6 Å². The van der Waals surface area contributed by atoms with Gasteiger partial charge in [0.25, 0.3) is 0 Å². The number of anilines is 1. The number of hydrogen-bond donors (Lipinski definition) is 0. The van der Waals surface area contributed by atoms with Crippen molar-refractivity contribution >= 4 is 17.6 Å². The second-order valence-electron chi connectivity index (χ2n) is 6.40. The first-order chi connectivity index (χ1) is 11.1. The van der Waals surface area contributed by atoms with Gasteiger partial charge in [-0.3, -0.25) is 4.98 Å². The third kappa shape index (κ3) is 4.03. The fraction of sp³-hybridized carbons (Fsp3) is 0.444. The number of benzene rings is 1. The number of thioether (sulfide) groups is 1. The van der Waals surface area contributed by atoms with E-state index < -0.39 is 0 Å². The lowest BCUT2D eigenvalue weighted by Crippen LogP contribution is -2.34. The molecule has 4 nitrogen and oxygen atoms in total. The fourth-order valence-electron chi connectivity index (χ4n) is 3.10. The molecule has 5 heteroatoms. The van der Waals surface area contributed by atoms with E-state index >= 15 is 0 Å². The average molecular weight is 328 g/mol. The maximum atomic E-state index is 4.81. The van der Waals surface area contributed by atoms with Crippen molar-refractivity contribution in [1.82, 2.24) is 14.9 Å². The van der Waals surface area contributed by atoms with Crippen molar-refractivity contribution in [1.29, 1.82) is 0 Å². The second kappa shape index (κ2) is 7.32. The second-order valence-corrected chi connectivity index (χ2v) is 7.40. The molecule has 0 saturated carbocycles. The lowest BCUT2D eigenvalue weighted by molar-refractivity contribution is 0.266. The minimum Gasteiger partial charge on any atom is -0.353 e. The highest BCUT2D eigenvalue weighted by molar-refractivity contribution is 7.98. The van der Waals surface area contributed by atoms with Crippen molar-refractivity contribution in [2.24, 2.45) is 5.92 Å². The van der Waals surface area contributed by atoms with E-state index in [1.54, 1.807) is 11.8 Å². The number of likely N-dealkylation sites (N-methyl/N-ethyl adjacent to an activating group) is 1. The van der Waals surface area contributed by atoms with Crippen LogP contribution in [0.1, 0.15) is 12.5 Å². The Kier molecular flexibility index (Phi) is 5.18. The highest BCUT2D eigenvalue weighted by Gasteiger charge is 2.31. The Morgan fingerprint density at radius 1 is 1.17 bits per heavy atom. The zero-order valence-electron chi connectivity index (χ0n) is 14.0. The minimum atomic E-state index is 0.581. The van der Waals surface area contributed by atoms with Gasteiger partial charge in [0.1, 0.15) is 10.8 Å². The van der Waals surface area contributed by atoms with Gasteiger partial charge in [0, 0.05) is 24.9 Å². The highest BCUT2D eigenvalue weighted by Crippen LogP contribution is 2.27. The van der Waals surface area contributed by atoms with Gasteiger partial charge in [-0.1, -0.05) is 37.3 Å². The summed E-state index contributed by atoms with van der Waals surface area (Å²) in [5.41, 5.74) is 1.31. The van der Waals surface area contributed by atoms with Crippen LogP contribution in [0.3, 0.4) is 0 Å². The first-order valence-electron chi connectivity index (χ1n) is 8.03. The van der Waals surface area contributed by atoms with Crippen LogP contribution in [-0.2, 0) is 5.75 Å². The standard InChI is InChI=1S/C18H24N4S/c1-14-11-22(12-16(14)21(2)3)17-9-19-10-18(20-17)23-13-15-7-5-4-6-8-15/h4-10,14,16H,11-13H2,1-3H3.